The van der Waals surface area contributed by atoms with Gasteiger partial charge in [-0.2, -0.15) is 0 Å². The monoisotopic (exact) mass is 222 g/mol. The van der Waals surface area contributed by atoms with Gasteiger partial charge >= 0.3 is 0 Å². The molecule has 0 aromatic carbocycles. The Morgan fingerprint density at radius 2 is 2.19 bits per heavy atom. The molecular formula is C13H19FN2. The summed E-state index contributed by atoms with van der Waals surface area (Å²) in [6, 6.07) is 2.06. The van der Waals surface area contributed by atoms with Crippen LogP contribution < -0.4 is 5.32 Å². The number of pyridine rings is 1. The number of halogens is 1. The lowest BCUT2D eigenvalue weighted by Crippen LogP contribution is -2.31. The molecule has 3 heteroatoms. The highest BCUT2D eigenvalue weighted by atomic mass is 19.1. The Hall–Kier alpha value is -0.960. The Labute approximate surface area is 96.3 Å². The van der Waals surface area contributed by atoms with E-state index in [1.165, 1.54) is 31.9 Å². The number of aromatic nitrogens is 1. The highest BCUT2D eigenvalue weighted by Crippen LogP contribution is 2.27. The molecule has 0 spiro atoms. The minimum absolute atomic E-state index is 0.257. The largest absolute Gasteiger partial charge is 0.310 e. The topological polar surface area (TPSA) is 24.9 Å². The summed E-state index contributed by atoms with van der Waals surface area (Å²) in [5.41, 5.74) is 0.921. The maximum atomic E-state index is 12.9. The van der Waals surface area contributed by atoms with E-state index in [0.29, 0.717) is 12.6 Å². The molecule has 1 unspecified atom stereocenters. The SMILES string of the molecule is CC(NCc1cncc(F)c1)C1CCCC1. The third-order valence-electron chi connectivity index (χ3n) is 3.50. The fraction of sp³-hybridized carbons (Fsp3) is 0.615. The van der Waals surface area contributed by atoms with Gasteiger partial charge in [-0.3, -0.25) is 4.98 Å². The number of nitrogens with one attached hydrogen (secondary N) is 1. The Bertz CT molecular complexity index is 334. The molecule has 2 rings (SSSR count). The van der Waals surface area contributed by atoms with Gasteiger partial charge in [0.15, 0.2) is 0 Å². The fourth-order valence-corrected chi connectivity index (χ4v) is 2.46. The lowest BCUT2D eigenvalue weighted by atomic mass is 10.00. The molecule has 16 heavy (non-hydrogen) atoms. The molecule has 1 N–H and O–H groups in total. The van der Waals surface area contributed by atoms with Gasteiger partial charge in [0.1, 0.15) is 5.82 Å². The Morgan fingerprint density at radius 1 is 1.44 bits per heavy atom. The van der Waals surface area contributed by atoms with Crippen molar-refractivity contribution in [3.8, 4) is 0 Å². The van der Waals surface area contributed by atoms with Crippen molar-refractivity contribution in [2.45, 2.75) is 45.2 Å². The Morgan fingerprint density at radius 3 is 2.88 bits per heavy atom. The van der Waals surface area contributed by atoms with Gasteiger partial charge < -0.3 is 5.32 Å². The molecular weight excluding hydrogens is 203 g/mol. The molecule has 0 radical (unpaired) electrons. The van der Waals surface area contributed by atoms with Crippen molar-refractivity contribution < 1.29 is 4.39 Å². The first-order valence-electron chi connectivity index (χ1n) is 6.08. The summed E-state index contributed by atoms with van der Waals surface area (Å²) in [4.78, 5) is 3.84. The summed E-state index contributed by atoms with van der Waals surface area (Å²) in [5.74, 6) is 0.536. The van der Waals surface area contributed by atoms with E-state index in [4.69, 9.17) is 0 Å². The van der Waals surface area contributed by atoms with E-state index in [-0.39, 0.29) is 5.82 Å². The highest BCUT2D eigenvalue weighted by Gasteiger charge is 2.20. The summed E-state index contributed by atoms with van der Waals surface area (Å²) in [6.07, 6.45) is 8.34. The van der Waals surface area contributed by atoms with Crippen molar-refractivity contribution in [3.63, 3.8) is 0 Å². The fourth-order valence-electron chi connectivity index (χ4n) is 2.46. The third kappa shape index (κ3) is 3.01. The van der Waals surface area contributed by atoms with Gasteiger partial charge in [-0.1, -0.05) is 12.8 Å². The molecule has 1 aromatic rings. The first-order chi connectivity index (χ1) is 7.75. The van der Waals surface area contributed by atoms with Crippen molar-refractivity contribution in [2.24, 2.45) is 5.92 Å². The second-order valence-electron chi connectivity index (χ2n) is 4.73. The standard InChI is InChI=1S/C13H19FN2/c1-10(12-4-2-3-5-12)16-8-11-6-13(14)9-15-7-11/h6-7,9-10,12,16H,2-5,8H2,1H3. The zero-order valence-corrected chi connectivity index (χ0v) is 9.75. The maximum absolute atomic E-state index is 12.9. The van der Waals surface area contributed by atoms with Crippen molar-refractivity contribution >= 4 is 0 Å². The van der Waals surface area contributed by atoms with Crippen LogP contribution in [0.15, 0.2) is 18.5 Å². The molecule has 1 heterocycles. The van der Waals surface area contributed by atoms with Crippen LogP contribution in [0, 0.1) is 11.7 Å². The van der Waals surface area contributed by atoms with Crippen LogP contribution >= 0.6 is 0 Å². The predicted octanol–water partition coefficient (Wildman–Crippen LogP) is 2.89. The lowest BCUT2D eigenvalue weighted by molar-refractivity contribution is 0.380. The molecule has 1 fully saturated rings. The minimum Gasteiger partial charge on any atom is -0.310 e. The van der Waals surface area contributed by atoms with Crippen LogP contribution in [0.25, 0.3) is 0 Å². The summed E-state index contributed by atoms with van der Waals surface area (Å²) >= 11 is 0. The van der Waals surface area contributed by atoms with Crippen LogP contribution in [0.3, 0.4) is 0 Å². The second kappa shape index (κ2) is 5.39. The number of rotatable bonds is 4. The molecule has 1 aliphatic rings. The molecule has 1 aromatic heterocycles. The van der Waals surface area contributed by atoms with Crippen LogP contribution in [0.5, 0.6) is 0 Å². The van der Waals surface area contributed by atoms with Crippen LogP contribution in [-0.2, 0) is 6.54 Å². The van der Waals surface area contributed by atoms with Crippen LogP contribution in [0.1, 0.15) is 38.2 Å². The Kier molecular flexibility index (Phi) is 3.88. The molecule has 0 saturated heterocycles. The molecule has 2 nitrogen and oxygen atoms in total. The van der Waals surface area contributed by atoms with Gasteiger partial charge in [0, 0.05) is 18.8 Å². The lowest BCUT2D eigenvalue weighted by Gasteiger charge is -2.20. The smallest absolute Gasteiger partial charge is 0.141 e. The zero-order valence-electron chi connectivity index (χ0n) is 9.75. The quantitative estimate of drug-likeness (QED) is 0.847. The van der Waals surface area contributed by atoms with E-state index in [2.05, 4.69) is 17.2 Å². The first-order valence-corrected chi connectivity index (χ1v) is 6.08. The van der Waals surface area contributed by atoms with Gasteiger partial charge in [-0.05, 0) is 37.3 Å². The average molecular weight is 222 g/mol. The van der Waals surface area contributed by atoms with Crippen LogP contribution in [-0.4, -0.2) is 11.0 Å². The first kappa shape index (κ1) is 11.5. The number of hydrogen-bond donors (Lipinski definition) is 1. The third-order valence-corrected chi connectivity index (χ3v) is 3.50. The van der Waals surface area contributed by atoms with Crippen molar-refractivity contribution in [1.82, 2.24) is 10.3 Å². The molecule has 0 aliphatic heterocycles. The molecule has 0 bridgehead atoms. The maximum Gasteiger partial charge on any atom is 0.141 e. The van der Waals surface area contributed by atoms with Gasteiger partial charge in [-0.15, -0.1) is 0 Å². The zero-order chi connectivity index (χ0) is 11.4. The molecule has 88 valence electrons. The molecule has 1 saturated carbocycles. The van der Waals surface area contributed by atoms with Gasteiger partial charge in [0.2, 0.25) is 0 Å². The molecule has 0 amide bonds. The van der Waals surface area contributed by atoms with E-state index in [1.807, 2.05) is 0 Å². The summed E-state index contributed by atoms with van der Waals surface area (Å²) in [6.45, 7) is 2.94. The summed E-state index contributed by atoms with van der Waals surface area (Å²) in [7, 11) is 0. The summed E-state index contributed by atoms with van der Waals surface area (Å²) in [5, 5.41) is 3.46. The van der Waals surface area contributed by atoms with Gasteiger partial charge in [-0.25, -0.2) is 4.39 Å². The van der Waals surface area contributed by atoms with Gasteiger partial charge in [0.05, 0.1) is 6.20 Å². The van der Waals surface area contributed by atoms with E-state index < -0.39 is 0 Å². The molecule has 1 atom stereocenters. The van der Waals surface area contributed by atoms with E-state index in [1.54, 1.807) is 12.3 Å². The van der Waals surface area contributed by atoms with Crippen LogP contribution in [0.2, 0.25) is 0 Å². The van der Waals surface area contributed by atoms with E-state index in [9.17, 15) is 4.39 Å². The normalized spacial score (nSPS) is 18.9. The summed E-state index contributed by atoms with van der Waals surface area (Å²) < 4.78 is 12.9. The minimum atomic E-state index is -0.257. The van der Waals surface area contributed by atoms with Gasteiger partial charge in [0.25, 0.3) is 0 Å². The second-order valence-corrected chi connectivity index (χ2v) is 4.73. The van der Waals surface area contributed by atoms with Crippen molar-refractivity contribution in [2.75, 3.05) is 0 Å². The number of hydrogen-bond acceptors (Lipinski definition) is 2. The average Bonchev–Trinajstić information content (AvgIpc) is 2.79. The highest BCUT2D eigenvalue weighted by molar-refractivity contribution is 5.09. The van der Waals surface area contributed by atoms with Crippen molar-refractivity contribution in [1.29, 1.82) is 0 Å². The van der Waals surface area contributed by atoms with Crippen LogP contribution in [0.4, 0.5) is 4.39 Å². The van der Waals surface area contributed by atoms with Crippen molar-refractivity contribution in [3.05, 3.63) is 29.8 Å². The van der Waals surface area contributed by atoms with E-state index >= 15 is 0 Å². The molecule has 1 aliphatic carbocycles. The van der Waals surface area contributed by atoms with E-state index in [0.717, 1.165) is 11.5 Å². The Balaban J connectivity index is 1.82. The number of nitrogens with zero attached hydrogens (tertiary/aromatic N) is 1. The predicted molar refractivity (Wildman–Crippen MR) is 62.5 cm³/mol.